The van der Waals surface area contributed by atoms with Crippen LogP contribution in [0.4, 0.5) is 4.79 Å². The number of rotatable bonds is 1. The van der Waals surface area contributed by atoms with E-state index < -0.39 is 5.60 Å². The molecule has 1 amide bonds. The first kappa shape index (κ1) is 12.8. The Kier molecular flexibility index (Phi) is 3.24. The van der Waals surface area contributed by atoms with Gasteiger partial charge in [-0.15, -0.1) is 4.58 Å². The van der Waals surface area contributed by atoms with Crippen molar-refractivity contribution in [2.24, 2.45) is 0 Å². The molecule has 96 valence electrons. The summed E-state index contributed by atoms with van der Waals surface area (Å²) in [4.78, 5) is 12.2. The van der Waals surface area contributed by atoms with Crippen molar-refractivity contribution in [3.63, 3.8) is 0 Å². The zero-order valence-corrected chi connectivity index (χ0v) is 11.5. The third-order valence-electron chi connectivity index (χ3n) is 2.97. The zero-order valence-electron chi connectivity index (χ0n) is 11.5. The van der Waals surface area contributed by atoms with Crippen molar-refractivity contribution >= 4 is 11.7 Å². The Labute approximate surface area is 107 Å². The first-order valence-corrected chi connectivity index (χ1v) is 6.37. The predicted octanol–water partition coefficient (Wildman–Crippen LogP) is 1.69. The van der Waals surface area contributed by atoms with Crippen molar-refractivity contribution < 1.29 is 9.53 Å². The van der Waals surface area contributed by atoms with Gasteiger partial charge in [0.05, 0.1) is 5.22 Å². The highest BCUT2D eigenvalue weighted by Gasteiger charge is 2.31. The third kappa shape index (κ3) is 2.45. The minimum absolute atomic E-state index is 0.265. The Bertz CT molecular complexity index is 594. The van der Waals surface area contributed by atoms with Crippen molar-refractivity contribution in [2.75, 3.05) is 6.54 Å². The average molecular weight is 246 g/mol. The second-order valence-corrected chi connectivity index (χ2v) is 5.54. The number of carbonyl (C=O) groups is 1. The smallest absolute Gasteiger partial charge is 0.406 e. The summed E-state index contributed by atoms with van der Waals surface area (Å²) in [7, 11) is 0. The lowest BCUT2D eigenvalue weighted by Crippen LogP contribution is -2.41. The molecule has 0 bridgehead atoms. The molecule has 0 atom stereocenters. The van der Waals surface area contributed by atoms with E-state index in [4.69, 9.17) is 4.74 Å². The Morgan fingerprint density at radius 1 is 1.33 bits per heavy atom. The van der Waals surface area contributed by atoms with Gasteiger partial charge in [-0.2, -0.15) is 4.79 Å². The second-order valence-electron chi connectivity index (χ2n) is 5.54. The highest BCUT2D eigenvalue weighted by molar-refractivity contribution is 5.73. The van der Waals surface area contributed by atoms with Crippen molar-refractivity contribution in [3.05, 3.63) is 34.8 Å². The SMILES string of the molecule is CCC1=c2ccccc2=[N+](C(=O)OC(C)(C)C)C1. The summed E-state index contributed by atoms with van der Waals surface area (Å²) in [6.45, 7) is 8.42. The number of para-hydroxylation sites is 1. The lowest BCUT2D eigenvalue weighted by molar-refractivity contribution is 0.0491. The fourth-order valence-electron chi connectivity index (χ4n) is 2.15. The molecule has 3 nitrogen and oxygen atoms in total. The maximum absolute atomic E-state index is 12.2. The molecule has 0 N–H and O–H groups in total. The minimum atomic E-state index is -0.457. The summed E-state index contributed by atoms with van der Waals surface area (Å²) in [6, 6.07) is 8.00. The predicted molar refractivity (Wildman–Crippen MR) is 71.7 cm³/mol. The van der Waals surface area contributed by atoms with E-state index in [-0.39, 0.29) is 6.09 Å². The molecule has 0 saturated heterocycles. The number of benzene rings is 1. The van der Waals surface area contributed by atoms with Crippen LogP contribution in [0.1, 0.15) is 34.1 Å². The van der Waals surface area contributed by atoms with Crippen LogP contribution in [0.5, 0.6) is 0 Å². The molecule has 1 aromatic carbocycles. The normalized spacial score (nSPS) is 14.7. The van der Waals surface area contributed by atoms with E-state index in [2.05, 4.69) is 13.0 Å². The van der Waals surface area contributed by atoms with Gasteiger partial charge in [0.1, 0.15) is 5.60 Å². The van der Waals surface area contributed by atoms with Gasteiger partial charge in [-0.1, -0.05) is 19.1 Å². The van der Waals surface area contributed by atoms with E-state index >= 15 is 0 Å². The van der Waals surface area contributed by atoms with Gasteiger partial charge < -0.3 is 4.74 Å². The molecule has 1 aromatic rings. The van der Waals surface area contributed by atoms with Crippen molar-refractivity contribution in [1.29, 1.82) is 0 Å². The van der Waals surface area contributed by atoms with Gasteiger partial charge in [0.2, 0.25) is 5.36 Å². The van der Waals surface area contributed by atoms with E-state index in [1.807, 2.05) is 39.0 Å². The molecular weight excluding hydrogens is 226 g/mol. The molecule has 0 spiro atoms. The number of nitrogens with zero attached hydrogens (tertiary/aromatic N) is 1. The number of ether oxygens (including phenoxy) is 1. The van der Waals surface area contributed by atoms with E-state index in [9.17, 15) is 4.79 Å². The van der Waals surface area contributed by atoms with Crippen LogP contribution >= 0.6 is 0 Å². The summed E-state index contributed by atoms with van der Waals surface area (Å²) >= 11 is 0. The standard InChI is InChI=1S/C15H20NO2/c1-5-11-10-16(14(17)18-15(2,3)4)13-9-7-6-8-12(11)13/h6-9H,5,10H2,1-4H3/q+1. The Morgan fingerprint density at radius 3 is 2.61 bits per heavy atom. The Hall–Kier alpha value is -1.64. The first-order chi connectivity index (χ1) is 8.42. The monoisotopic (exact) mass is 246 g/mol. The lowest BCUT2D eigenvalue weighted by Gasteiger charge is -2.16. The van der Waals surface area contributed by atoms with Crippen LogP contribution < -0.4 is 15.2 Å². The van der Waals surface area contributed by atoms with Crippen LogP contribution in [0.3, 0.4) is 0 Å². The molecule has 1 aliphatic heterocycles. The second kappa shape index (κ2) is 4.56. The molecule has 3 heteroatoms. The van der Waals surface area contributed by atoms with Gasteiger partial charge in [-0.25, -0.2) is 0 Å². The van der Waals surface area contributed by atoms with Gasteiger partial charge in [0, 0.05) is 11.6 Å². The molecule has 0 aliphatic carbocycles. The molecule has 1 heterocycles. The third-order valence-corrected chi connectivity index (χ3v) is 2.97. The summed E-state index contributed by atoms with van der Waals surface area (Å²) in [5.74, 6) is 0. The van der Waals surface area contributed by atoms with Gasteiger partial charge in [-0.3, -0.25) is 0 Å². The lowest BCUT2D eigenvalue weighted by atomic mass is 10.1. The van der Waals surface area contributed by atoms with Crippen molar-refractivity contribution in [1.82, 2.24) is 4.58 Å². The van der Waals surface area contributed by atoms with Gasteiger partial charge in [0.15, 0.2) is 6.54 Å². The van der Waals surface area contributed by atoms with Gasteiger partial charge >= 0.3 is 6.09 Å². The quantitative estimate of drug-likeness (QED) is 0.706. The summed E-state index contributed by atoms with van der Waals surface area (Å²) in [6.07, 6.45) is 0.689. The number of hydrogen-bond acceptors (Lipinski definition) is 2. The number of amides is 1. The largest absolute Gasteiger partial charge is 0.597 e. The molecule has 0 radical (unpaired) electrons. The Morgan fingerprint density at radius 2 is 2.00 bits per heavy atom. The average Bonchev–Trinajstić information content (AvgIpc) is 2.65. The molecular formula is C15H20NO2+. The molecule has 2 rings (SSSR count). The van der Waals surface area contributed by atoms with Crippen LogP contribution in [-0.4, -0.2) is 18.2 Å². The van der Waals surface area contributed by atoms with Crippen LogP contribution in [0.25, 0.3) is 5.57 Å². The van der Waals surface area contributed by atoms with Crippen molar-refractivity contribution in [3.8, 4) is 0 Å². The molecule has 0 aromatic heterocycles. The molecule has 1 aliphatic rings. The fourth-order valence-corrected chi connectivity index (χ4v) is 2.15. The van der Waals surface area contributed by atoms with E-state index in [0.29, 0.717) is 6.54 Å². The number of fused-ring (bicyclic) bond motifs is 1. The maximum Gasteiger partial charge on any atom is 0.597 e. The van der Waals surface area contributed by atoms with Crippen molar-refractivity contribution in [2.45, 2.75) is 39.7 Å². The summed E-state index contributed by atoms with van der Waals surface area (Å²) in [5.41, 5.74) is 0.831. The summed E-state index contributed by atoms with van der Waals surface area (Å²) < 4.78 is 7.17. The van der Waals surface area contributed by atoms with Crippen LogP contribution in [-0.2, 0) is 4.74 Å². The molecule has 0 fully saturated rings. The van der Waals surface area contributed by atoms with Crippen LogP contribution in [0, 0.1) is 0 Å². The maximum atomic E-state index is 12.2. The van der Waals surface area contributed by atoms with Crippen LogP contribution in [0.15, 0.2) is 24.3 Å². The highest BCUT2D eigenvalue weighted by atomic mass is 16.6. The van der Waals surface area contributed by atoms with E-state index in [1.165, 1.54) is 10.8 Å². The minimum Gasteiger partial charge on any atom is -0.406 e. The Balaban J connectivity index is 2.48. The van der Waals surface area contributed by atoms with Crippen LogP contribution in [0.2, 0.25) is 0 Å². The number of hydrogen-bond donors (Lipinski definition) is 0. The van der Waals surface area contributed by atoms with E-state index in [0.717, 1.165) is 11.8 Å². The molecule has 18 heavy (non-hydrogen) atoms. The molecule has 0 unspecified atom stereocenters. The summed E-state index contributed by atoms with van der Waals surface area (Å²) in [5, 5.41) is 2.13. The topological polar surface area (TPSA) is 29.3 Å². The molecule has 0 saturated carbocycles. The zero-order chi connectivity index (χ0) is 13.3. The van der Waals surface area contributed by atoms with E-state index in [1.54, 1.807) is 4.58 Å². The highest BCUT2D eigenvalue weighted by Crippen LogP contribution is 2.09. The fraction of sp³-hybridized carbons (Fsp3) is 0.467. The first-order valence-electron chi connectivity index (χ1n) is 6.37. The van der Waals surface area contributed by atoms with Gasteiger partial charge in [-0.05, 0) is 33.3 Å². The van der Waals surface area contributed by atoms with Gasteiger partial charge in [0.25, 0.3) is 0 Å². The number of carbonyl (C=O) groups excluding carboxylic acids is 1.